The van der Waals surface area contributed by atoms with Crippen molar-refractivity contribution in [1.82, 2.24) is 5.32 Å². The summed E-state index contributed by atoms with van der Waals surface area (Å²) in [6.07, 6.45) is 11.9. The van der Waals surface area contributed by atoms with Crippen LogP contribution >= 0.6 is 0 Å². The van der Waals surface area contributed by atoms with Gasteiger partial charge in [-0.1, -0.05) is 30.9 Å². The lowest BCUT2D eigenvalue weighted by Gasteiger charge is -2.29. The summed E-state index contributed by atoms with van der Waals surface area (Å²) in [5.74, 6) is 1.30. The molecule has 15 heavy (non-hydrogen) atoms. The van der Waals surface area contributed by atoms with Crippen LogP contribution in [0.2, 0.25) is 0 Å². The second-order valence-electron chi connectivity index (χ2n) is 4.41. The first-order chi connectivity index (χ1) is 7.22. The number of hydrogen-bond acceptors (Lipinski definition) is 1. The Labute approximate surface area is 92.3 Å². The quantitative estimate of drug-likeness (QED) is 0.677. The number of hydrogen-bond donors (Lipinski definition) is 1. The smallest absolute Gasteiger partial charge is 0.0337 e. The van der Waals surface area contributed by atoms with Crippen LogP contribution < -0.4 is 5.32 Å². The van der Waals surface area contributed by atoms with Crippen LogP contribution in [0.5, 0.6) is 0 Å². The minimum Gasteiger partial charge on any atom is -0.388 e. The summed E-state index contributed by atoms with van der Waals surface area (Å²) < 4.78 is 0. The van der Waals surface area contributed by atoms with Gasteiger partial charge in [-0.3, -0.25) is 0 Å². The van der Waals surface area contributed by atoms with Gasteiger partial charge >= 0.3 is 0 Å². The van der Waals surface area contributed by atoms with Crippen LogP contribution in [0.15, 0.2) is 47.7 Å². The molecule has 0 aliphatic heterocycles. The molecular formula is C14H19N. The molecule has 80 valence electrons. The topological polar surface area (TPSA) is 12.0 Å². The summed E-state index contributed by atoms with van der Waals surface area (Å²) in [4.78, 5) is 0. The van der Waals surface area contributed by atoms with Gasteiger partial charge in [-0.2, -0.15) is 0 Å². The maximum absolute atomic E-state index is 4.05. The van der Waals surface area contributed by atoms with Gasteiger partial charge in [-0.05, 0) is 36.8 Å². The van der Waals surface area contributed by atoms with E-state index in [2.05, 4.69) is 43.1 Å². The van der Waals surface area contributed by atoms with Gasteiger partial charge in [0.15, 0.2) is 0 Å². The molecule has 2 atom stereocenters. The predicted octanol–water partition coefficient (Wildman–Crippen LogP) is 3.19. The minimum atomic E-state index is 0.618. The average molecular weight is 201 g/mol. The van der Waals surface area contributed by atoms with E-state index < -0.39 is 0 Å². The van der Waals surface area contributed by atoms with Crippen LogP contribution in [0.1, 0.15) is 19.8 Å². The Balaban J connectivity index is 2.28. The van der Waals surface area contributed by atoms with Gasteiger partial charge in [0, 0.05) is 18.7 Å². The Bertz CT molecular complexity index is 358. The lowest BCUT2D eigenvalue weighted by Crippen LogP contribution is -2.19. The molecule has 0 bridgehead atoms. The molecule has 1 nitrogen and oxygen atoms in total. The molecule has 0 spiro atoms. The van der Waals surface area contributed by atoms with Crippen molar-refractivity contribution in [3.63, 3.8) is 0 Å². The molecule has 0 radical (unpaired) electrons. The molecule has 2 rings (SSSR count). The Kier molecular flexibility index (Phi) is 2.81. The van der Waals surface area contributed by atoms with Crippen LogP contribution in [0.3, 0.4) is 0 Å². The lowest BCUT2D eigenvalue weighted by atomic mass is 9.77. The number of allylic oxidation sites excluding steroid dienone is 5. The molecule has 2 unspecified atom stereocenters. The van der Waals surface area contributed by atoms with Gasteiger partial charge in [0.25, 0.3) is 0 Å². The van der Waals surface area contributed by atoms with Crippen LogP contribution in [0.4, 0.5) is 0 Å². The Morgan fingerprint density at radius 2 is 2.27 bits per heavy atom. The minimum absolute atomic E-state index is 0.618. The van der Waals surface area contributed by atoms with E-state index in [9.17, 15) is 0 Å². The molecule has 0 amide bonds. The Hall–Kier alpha value is -1.24. The summed E-state index contributed by atoms with van der Waals surface area (Å²) in [7, 11) is 1.93. The zero-order valence-electron chi connectivity index (χ0n) is 9.59. The Morgan fingerprint density at radius 1 is 1.47 bits per heavy atom. The second-order valence-corrected chi connectivity index (χ2v) is 4.41. The highest BCUT2D eigenvalue weighted by Gasteiger charge is 2.23. The number of likely N-dealkylation sites (N-methyl/N-ethyl adjacent to an activating group) is 1. The molecule has 1 heteroatoms. The van der Waals surface area contributed by atoms with E-state index in [1.54, 1.807) is 0 Å². The average Bonchev–Trinajstić information content (AvgIpc) is 2.27. The van der Waals surface area contributed by atoms with Crippen molar-refractivity contribution in [2.24, 2.45) is 11.8 Å². The van der Waals surface area contributed by atoms with Crippen LogP contribution in [-0.4, -0.2) is 7.05 Å². The van der Waals surface area contributed by atoms with Crippen molar-refractivity contribution in [3.05, 3.63) is 47.7 Å². The number of nitrogens with one attached hydrogen (secondary N) is 1. The fourth-order valence-electron chi connectivity index (χ4n) is 2.45. The maximum atomic E-state index is 4.05. The summed E-state index contributed by atoms with van der Waals surface area (Å²) >= 11 is 0. The molecule has 0 heterocycles. The molecule has 0 aromatic carbocycles. The van der Waals surface area contributed by atoms with Crippen LogP contribution in [0.25, 0.3) is 0 Å². The van der Waals surface area contributed by atoms with Crippen molar-refractivity contribution in [1.29, 1.82) is 0 Å². The second kappa shape index (κ2) is 4.09. The zero-order chi connectivity index (χ0) is 10.8. The fraction of sp³-hybridized carbons (Fsp3) is 0.429. The monoisotopic (exact) mass is 201 g/mol. The molecular weight excluding hydrogens is 182 g/mol. The van der Waals surface area contributed by atoms with Crippen LogP contribution in [-0.2, 0) is 0 Å². The first-order valence-electron chi connectivity index (χ1n) is 5.66. The van der Waals surface area contributed by atoms with Crippen molar-refractivity contribution in [2.75, 3.05) is 7.05 Å². The van der Waals surface area contributed by atoms with Gasteiger partial charge < -0.3 is 5.32 Å². The highest BCUT2D eigenvalue weighted by molar-refractivity contribution is 5.47. The van der Waals surface area contributed by atoms with Crippen molar-refractivity contribution in [3.8, 4) is 0 Å². The van der Waals surface area contributed by atoms with E-state index in [-0.39, 0.29) is 0 Å². The molecule has 0 fully saturated rings. The largest absolute Gasteiger partial charge is 0.388 e. The highest BCUT2D eigenvalue weighted by Crippen LogP contribution is 2.35. The number of rotatable bonds is 2. The van der Waals surface area contributed by atoms with Gasteiger partial charge in [-0.15, -0.1) is 0 Å². The Morgan fingerprint density at radius 3 is 3.00 bits per heavy atom. The van der Waals surface area contributed by atoms with Gasteiger partial charge in [0.1, 0.15) is 0 Å². The molecule has 1 N–H and O–H groups in total. The third-order valence-corrected chi connectivity index (χ3v) is 3.39. The lowest BCUT2D eigenvalue weighted by molar-refractivity contribution is 0.486. The van der Waals surface area contributed by atoms with Gasteiger partial charge in [0.05, 0.1) is 0 Å². The van der Waals surface area contributed by atoms with Crippen molar-refractivity contribution >= 4 is 0 Å². The van der Waals surface area contributed by atoms with Crippen molar-refractivity contribution in [2.45, 2.75) is 19.8 Å². The van der Waals surface area contributed by atoms with E-state index in [0.717, 1.165) is 5.70 Å². The first-order valence-corrected chi connectivity index (χ1v) is 5.66. The normalized spacial score (nSPS) is 28.9. The maximum Gasteiger partial charge on any atom is 0.0337 e. The molecule has 0 saturated heterocycles. The highest BCUT2D eigenvalue weighted by atomic mass is 14.8. The summed E-state index contributed by atoms with van der Waals surface area (Å²) in [5, 5.41) is 3.14. The van der Waals surface area contributed by atoms with E-state index in [4.69, 9.17) is 0 Å². The summed E-state index contributed by atoms with van der Waals surface area (Å²) in [6, 6.07) is 0. The summed E-state index contributed by atoms with van der Waals surface area (Å²) in [6.45, 7) is 6.22. The summed E-state index contributed by atoms with van der Waals surface area (Å²) in [5.41, 5.74) is 3.69. The molecule has 0 aromatic rings. The molecule has 0 saturated carbocycles. The standard InChI is InChI=1S/C14H19N/c1-10-8-12-6-4-5-7-13(12)9-14(10)11(2)15-3/h4,6,8-9,12-13,15H,2,5,7H2,1,3H3. The third-order valence-electron chi connectivity index (χ3n) is 3.39. The van der Waals surface area contributed by atoms with E-state index in [1.165, 1.54) is 24.0 Å². The fourth-order valence-corrected chi connectivity index (χ4v) is 2.45. The van der Waals surface area contributed by atoms with Gasteiger partial charge in [-0.25, -0.2) is 0 Å². The van der Waals surface area contributed by atoms with Gasteiger partial charge in [0.2, 0.25) is 0 Å². The van der Waals surface area contributed by atoms with E-state index in [1.807, 2.05) is 7.05 Å². The first kappa shape index (κ1) is 10.3. The third kappa shape index (κ3) is 1.92. The van der Waals surface area contributed by atoms with E-state index >= 15 is 0 Å². The zero-order valence-corrected chi connectivity index (χ0v) is 9.59. The molecule has 2 aliphatic rings. The SMILES string of the molecule is C=C(NC)C1=CC2CCC=CC2C=C1C. The molecule has 0 aromatic heterocycles. The number of fused-ring (bicyclic) bond motifs is 1. The van der Waals surface area contributed by atoms with E-state index in [0.29, 0.717) is 11.8 Å². The van der Waals surface area contributed by atoms with Crippen LogP contribution in [0, 0.1) is 11.8 Å². The predicted molar refractivity (Wildman–Crippen MR) is 65.4 cm³/mol. The molecule has 2 aliphatic carbocycles. The van der Waals surface area contributed by atoms with Crippen molar-refractivity contribution < 1.29 is 0 Å².